The van der Waals surface area contributed by atoms with E-state index in [0.29, 0.717) is 22.6 Å². The molecular weight excluding hydrogens is 308 g/mol. The summed E-state index contributed by atoms with van der Waals surface area (Å²) in [6, 6.07) is 27.2. The Kier molecular flexibility index (Phi) is 3.54. The Bertz CT molecular complexity index is 1100. The van der Waals surface area contributed by atoms with Gasteiger partial charge in [-0.25, -0.2) is 0 Å². The maximum Gasteiger partial charge on any atom is 0.145 e. The van der Waals surface area contributed by atoms with Gasteiger partial charge in [-0.15, -0.1) is 0 Å². The van der Waals surface area contributed by atoms with E-state index in [0.717, 1.165) is 21.5 Å². The molecule has 0 saturated heterocycles. The Morgan fingerprint density at radius 3 is 1.44 bits per heavy atom. The maximum atomic E-state index is 9.60. The van der Waals surface area contributed by atoms with Gasteiger partial charge in [-0.2, -0.15) is 10.5 Å². The molecule has 4 aromatic rings. The first-order valence-corrected chi connectivity index (χ1v) is 7.83. The van der Waals surface area contributed by atoms with Gasteiger partial charge in [-0.1, -0.05) is 60.7 Å². The topological polar surface area (TPSA) is 56.8 Å². The summed E-state index contributed by atoms with van der Waals surface area (Å²) in [5.41, 5.74) is 0.935. The van der Waals surface area contributed by atoms with Gasteiger partial charge in [0.2, 0.25) is 0 Å². The van der Waals surface area contributed by atoms with Gasteiger partial charge in [0.05, 0.1) is 0 Å². The summed E-state index contributed by atoms with van der Waals surface area (Å²) < 4.78 is 5.99. The predicted octanol–water partition coefficient (Wildman–Crippen LogP) is 5.53. The number of benzene rings is 4. The number of hydrogen-bond donors (Lipinski definition) is 0. The van der Waals surface area contributed by atoms with Crippen molar-refractivity contribution in [3.8, 4) is 23.6 Å². The van der Waals surface area contributed by atoms with Gasteiger partial charge in [-0.3, -0.25) is 0 Å². The van der Waals surface area contributed by atoms with Gasteiger partial charge in [0.25, 0.3) is 0 Å². The fourth-order valence-corrected chi connectivity index (χ4v) is 3.02. The molecule has 0 amide bonds. The van der Waals surface area contributed by atoms with Crippen LogP contribution in [0.5, 0.6) is 11.5 Å². The molecule has 0 saturated carbocycles. The summed E-state index contributed by atoms with van der Waals surface area (Å²) in [5, 5.41) is 22.8. The summed E-state index contributed by atoms with van der Waals surface area (Å²) >= 11 is 0. The van der Waals surface area contributed by atoms with E-state index in [1.807, 2.05) is 60.7 Å². The first-order chi connectivity index (χ1) is 12.3. The van der Waals surface area contributed by atoms with E-state index in [4.69, 9.17) is 4.74 Å². The zero-order chi connectivity index (χ0) is 17.2. The number of nitriles is 2. The number of rotatable bonds is 2. The van der Waals surface area contributed by atoms with Gasteiger partial charge in [0, 0.05) is 10.8 Å². The lowest BCUT2D eigenvalue weighted by Crippen LogP contribution is -1.93. The highest BCUT2D eigenvalue weighted by atomic mass is 16.5. The van der Waals surface area contributed by atoms with Crippen LogP contribution in [0.2, 0.25) is 0 Å². The van der Waals surface area contributed by atoms with Crippen molar-refractivity contribution in [2.45, 2.75) is 0 Å². The molecule has 0 aliphatic carbocycles. The van der Waals surface area contributed by atoms with Gasteiger partial charge < -0.3 is 4.74 Å². The van der Waals surface area contributed by atoms with Gasteiger partial charge in [0.1, 0.15) is 34.8 Å². The van der Waals surface area contributed by atoms with Crippen LogP contribution in [-0.4, -0.2) is 0 Å². The van der Waals surface area contributed by atoms with Crippen molar-refractivity contribution in [1.29, 1.82) is 10.5 Å². The molecule has 3 nitrogen and oxygen atoms in total. The third kappa shape index (κ3) is 2.45. The molecule has 3 heteroatoms. The highest BCUT2D eigenvalue weighted by molar-refractivity contribution is 5.92. The zero-order valence-corrected chi connectivity index (χ0v) is 13.2. The van der Waals surface area contributed by atoms with E-state index < -0.39 is 0 Å². The Morgan fingerprint density at radius 1 is 0.560 bits per heavy atom. The third-order valence-electron chi connectivity index (χ3n) is 4.23. The van der Waals surface area contributed by atoms with Crippen LogP contribution in [-0.2, 0) is 0 Å². The molecule has 0 bridgehead atoms. The third-order valence-corrected chi connectivity index (χ3v) is 4.23. The second-order valence-corrected chi connectivity index (χ2v) is 5.65. The first kappa shape index (κ1) is 14.8. The summed E-state index contributed by atoms with van der Waals surface area (Å²) in [6.45, 7) is 0. The Morgan fingerprint density at radius 2 is 1.00 bits per heavy atom. The molecule has 0 fully saturated rings. The quantitative estimate of drug-likeness (QED) is 0.488. The van der Waals surface area contributed by atoms with Gasteiger partial charge in [-0.05, 0) is 22.9 Å². The van der Waals surface area contributed by atoms with Crippen LogP contribution in [0, 0.1) is 22.7 Å². The number of nitrogens with zero attached hydrogens (tertiary/aromatic N) is 2. The highest BCUT2D eigenvalue weighted by Crippen LogP contribution is 2.34. The lowest BCUT2D eigenvalue weighted by molar-refractivity contribution is 0.481. The van der Waals surface area contributed by atoms with Crippen LogP contribution in [0.4, 0.5) is 0 Å². The molecule has 0 heterocycles. The van der Waals surface area contributed by atoms with E-state index in [9.17, 15) is 10.5 Å². The van der Waals surface area contributed by atoms with Crippen LogP contribution in [0.15, 0.2) is 72.8 Å². The van der Waals surface area contributed by atoms with Crippen molar-refractivity contribution in [2.75, 3.05) is 0 Å². The summed E-state index contributed by atoms with van der Waals surface area (Å²) in [5.74, 6) is 0.904. The van der Waals surface area contributed by atoms with E-state index >= 15 is 0 Å². The van der Waals surface area contributed by atoms with Crippen LogP contribution >= 0.6 is 0 Å². The molecule has 0 radical (unpaired) electrons. The lowest BCUT2D eigenvalue weighted by Gasteiger charge is -2.12. The minimum atomic E-state index is 0.452. The maximum absolute atomic E-state index is 9.60. The molecule has 116 valence electrons. The largest absolute Gasteiger partial charge is 0.455 e. The molecule has 4 rings (SSSR count). The fraction of sp³-hybridized carbons (Fsp3) is 0. The summed E-state index contributed by atoms with van der Waals surface area (Å²) in [6.07, 6.45) is 0. The fourth-order valence-electron chi connectivity index (χ4n) is 3.02. The molecular formula is C22H12N2O. The van der Waals surface area contributed by atoms with Crippen LogP contribution in [0.25, 0.3) is 21.5 Å². The Labute approximate surface area is 144 Å². The molecule has 0 atom stereocenters. The normalized spacial score (nSPS) is 10.3. The molecule has 0 unspecified atom stereocenters. The number of fused-ring (bicyclic) bond motifs is 2. The molecule has 25 heavy (non-hydrogen) atoms. The minimum Gasteiger partial charge on any atom is -0.455 e. The smallest absolute Gasteiger partial charge is 0.145 e. The van der Waals surface area contributed by atoms with E-state index in [-0.39, 0.29) is 0 Å². The monoisotopic (exact) mass is 320 g/mol. The molecule has 0 aromatic heterocycles. The van der Waals surface area contributed by atoms with Crippen molar-refractivity contribution in [2.24, 2.45) is 0 Å². The van der Waals surface area contributed by atoms with Crippen LogP contribution < -0.4 is 4.74 Å². The van der Waals surface area contributed by atoms with Crippen molar-refractivity contribution >= 4 is 21.5 Å². The lowest BCUT2D eigenvalue weighted by atomic mass is 10.0. The number of hydrogen-bond acceptors (Lipinski definition) is 3. The zero-order valence-electron chi connectivity index (χ0n) is 13.2. The first-order valence-electron chi connectivity index (χ1n) is 7.83. The average Bonchev–Trinajstić information content (AvgIpc) is 2.67. The standard InChI is InChI=1S/C22H12N2O/c23-13-19-17-7-3-1-5-15(17)9-11-21(19)25-22-12-10-16-6-2-4-8-18(16)20(22)14-24/h1-12H. The summed E-state index contributed by atoms with van der Waals surface area (Å²) in [7, 11) is 0. The minimum absolute atomic E-state index is 0.452. The predicted molar refractivity (Wildman–Crippen MR) is 97.4 cm³/mol. The number of ether oxygens (including phenoxy) is 1. The van der Waals surface area contributed by atoms with Crippen LogP contribution in [0.1, 0.15) is 11.1 Å². The molecule has 0 aliphatic heterocycles. The van der Waals surface area contributed by atoms with E-state index in [1.165, 1.54) is 0 Å². The Balaban J connectivity index is 1.89. The average molecular weight is 320 g/mol. The van der Waals surface area contributed by atoms with Gasteiger partial charge >= 0.3 is 0 Å². The molecule has 4 aromatic carbocycles. The van der Waals surface area contributed by atoms with Crippen molar-refractivity contribution in [3.05, 3.63) is 83.9 Å². The highest BCUT2D eigenvalue weighted by Gasteiger charge is 2.13. The SMILES string of the molecule is N#Cc1c(Oc2ccc3ccccc3c2C#N)ccc2ccccc12. The second kappa shape index (κ2) is 6.00. The Hall–Kier alpha value is -3.82. The van der Waals surface area contributed by atoms with Gasteiger partial charge in [0.15, 0.2) is 0 Å². The summed E-state index contributed by atoms with van der Waals surface area (Å²) in [4.78, 5) is 0. The second-order valence-electron chi connectivity index (χ2n) is 5.65. The van der Waals surface area contributed by atoms with Crippen molar-refractivity contribution in [3.63, 3.8) is 0 Å². The molecule has 0 N–H and O–H groups in total. The van der Waals surface area contributed by atoms with E-state index in [2.05, 4.69) is 12.1 Å². The van der Waals surface area contributed by atoms with Crippen molar-refractivity contribution in [1.82, 2.24) is 0 Å². The van der Waals surface area contributed by atoms with E-state index in [1.54, 1.807) is 12.1 Å². The van der Waals surface area contributed by atoms with Crippen molar-refractivity contribution < 1.29 is 4.74 Å². The molecule has 0 spiro atoms. The van der Waals surface area contributed by atoms with Crippen LogP contribution in [0.3, 0.4) is 0 Å². The molecule has 0 aliphatic rings.